The fourth-order valence-electron chi connectivity index (χ4n) is 0.702. The molecule has 27 heavy (non-hydrogen) atoms. The van der Waals surface area contributed by atoms with Crippen LogP contribution in [-0.4, -0.2) is 13.3 Å². The number of methoxy groups -OCH3 is 1. The van der Waals surface area contributed by atoms with Crippen molar-refractivity contribution in [1.29, 1.82) is 0 Å². The van der Waals surface area contributed by atoms with Crippen LogP contribution >= 0.6 is 0 Å². The van der Waals surface area contributed by atoms with E-state index in [4.69, 9.17) is 6.42 Å². The third-order valence-corrected chi connectivity index (χ3v) is 1.55. The molecule has 118 valence electrons. The second-order valence-corrected chi connectivity index (χ2v) is 3.18. The molecule has 0 aromatic heterocycles. The first-order valence-electron chi connectivity index (χ1n) is 6.51. The Morgan fingerprint density at radius 3 is 1.15 bits per heavy atom. The average Bonchev–Trinajstić information content (AvgIpc) is 2.68. The quantitative estimate of drug-likeness (QED) is 0.473. The van der Waals surface area contributed by atoms with Crippen LogP contribution in [0.25, 0.3) is 0 Å². The van der Waals surface area contributed by atoms with Crippen molar-refractivity contribution in [2.24, 2.45) is 0 Å². The summed E-state index contributed by atoms with van der Waals surface area (Å²) in [5, 5.41) is 0. The molecule has 0 spiro atoms. The van der Waals surface area contributed by atoms with Crippen molar-refractivity contribution in [2.45, 2.75) is 0 Å². The predicted molar refractivity (Wildman–Crippen MR) is 100 cm³/mol. The highest BCUT2D eigenvalue weighted by atomic mass is 16.7. The first-order valence-corrected chi connectivity index (χ1v) is 6.51. The van der Waals surface area contributed by atoms with Gasteiger partial charge in [-0.25, -0.2) is 4.79 Å². The van der Waals surface area contributed by atoms with Gasteiger partial charge in [0, 0.05) is 71.0 Å². The van der Waals surface area contributed by atoms with Gasteiger partial charge in [0.2, 0.25) is 0 Å². The minimum absolute atomic E-state index is 0.918. The number of hydrogen-bond donors (Lipinski definition) is 0. The first kappa shape index (κ1) is 21.4. The van der Waals surface area contributed by atoms with Crippen LogP contribution in [-0.2, 0) is 9.47 Å². The fraction of sp³-hybridized carbons (Fsp3) is 0.0417. The zero-order valence-corrected chi connectivity index (χ0v) is 13.8. The molecule has 0 rings (SSSR count). The highest BCUT2D eigenvalue weighted by Crippen LogP contribution is 1.76. The van der Waals surface area contributed by atoms with Crippen LogP contribution in [0.4, 0.5) is 4.79 Å². The molecule has 0 aromatic rings. The summed E-state index contributed by atoms with van der Waals surface area (Å²) < 4.78 is 8.45. The molecule has 0 radical (unpaired) electrons. The lowest BCUT2D eigenvalue weighted by molar-refractivity contribution is 0.112. The molecule has 0 saturated carbocycles. The lowest BCUT2D eigenvalue weighted by Gasteiger charge is -1.88. The van der Waals surface area contributed by atoms with Gasteiger partial charge in [-0.05, 0) is 47.4 Å². The molecule has 3 heteroatoms. The van der Waals surface area contributed by atoms with E-state index < -0.39 is 6.16 Å². The summed E-state index contributed by atoms with van der Waals surface area (Å²) in [7, 11) is 1.16. The topological polar surface area (TPSA) is 35.5 Å². The van der Waals surface area contributed by atoms with Crippen LogP contribution in [0.1, 0.15) is 0 Å². The maximum atomic E-state index is 10.5. The fourth-order valence-corrected chi connectivity index (χ4v) is 0.702. The molecule has 3 nitrogen and oxygen atoms in total. The van der Waals surface area contributed by atoms with Gasteiger partial charge < -0.3 is 9.47 Å². The van der Waals surface area contributed by atoms with Crippen LogP contribution in [0.3, 0.4) is 0 Å². The van der Waals surface area contributed by atoms with Crippen molar-refractivity contribution in [1.82, 2.24) is 0 Å². The van der Waals surface area contributed by atoms with Gasteiger partial charge in [-0.15, -0.1) is 6.42 Å². The van der Waals surface area contributed by atoms with Gasteiger partial charge in [0.25, 0.3) is 0 Å². The van der Waals surface area contributed by atoms with E-state index in [1.165, 1.54) is 0 Å². The lowest BCUT2D eigenvalue weighted by Crippen LogP contribution is -1.98. The monoisotopic (exact) mass is 340 g/mol. The third-order valence-electron chi connectivity index (χ3n) is 1.55. The second-order valence-electron chi connectivity index (χ2n) is 3.18. The minimum atomic E-state index is -0.918. The summed E-state index contributed by atoms with van der Waals surface area (Å²) >= 11 is 0. The molecule has 0 aliphatic carbocycles. The number of carbonyl (C=O) groups is 1. The predicted octanol–water partition coefficient (Wildman–Crippen LogP) is 0.394. The second kappa shape index (κ2) is 18.5. The van der Waals surface area contributed by atoms with E-state index in [1.807, 2.05) is 6.11 Å². The molecule has 0 unspecified atom stereocenters. The number of hydrogen-bond acceptors (Lipinski definition) is 3. The summed E-state index contributed by atoms with van der Waals surface area (Å²) in [6.45, 7) is 0. The first-order chi connectivity index (χ1) is 13.3. The Labute approximate surface area is 159 Å². The van der Waals surface area contributed by atoms with E-state index in [2.05, 4.69) is 128 Å². The molecule has 0 aromatic carbocycles. The zero-order chi connectivity index (χ0) is 19.8. The van der Waals surface area contributed by atoms with Crippen molar-refractivity contribution in [2.75, 3.05) is 7.11 Å². The molecule has 0 saturated heterocycles. The van der Waals surface area contributed by atoms with E-state index in [0.29, 0.717) is 0 Å². The lowest BCUT2D eigenvalue weighted by atomic mass is 10.4. The Balaban J connectivity index is 4.37. The standard InChI is InChI=1S/C24H4O3/c1-3-4-5-6-7-8-9-10-11-12-13-14-15-16-17-18-19-20-21-22-23-27-24(25)26-2/h1H,2H3. The Morgan fingerprint density at radius 1 is 0.556 bits per heavy atom. The molecule has 0 aliphatic heterocycles. The van der Waals surface area contributed by atoms with E-state index in [-0.39, 0.29) is 0 Å². The summed E-state index contributed by atoms with van der Waals surface area (Å²) in [4.78, 5) is 10.5. The summed E-state index contributed by atoms with van der Waals surface area (Å²) in [5.74, 6) is 48.0. The van der Waals surface area contributed by atoms with Gasteiger partial charge >= 0.3 is 6.16 Å². The SMILES string of the molecule is C#CC#CC#CC#CC#CC#CC#CC#CC#CC#CC#COC(=O)OC. The van der Waals surface area contributed by atoms with E-state index in [1.54, 1.807) is 0 Å². The molecule has 0 heterocycles. The molecule has 0 fully saturated rings. The molecule has 0 amide bonds. The van der Waals surface area contributed by atoms with Crippen molar-refractivity contribution in [3.8, 4) is 131 Å². The number of terminal acetylenes is 1. The van der Waals surface area contributed by atoms with Gasteiger partial charge in [0.05, 0.1) is 7.11 Å². The normalized spacial score (nSPS) is 4.59. The average molecular weight is 340 g/mol. The van der Waals surface area contributed by atoms with Crippen molar-refractivity contribution >= 4 is 6.16 Å². The van der Waals surface area contributed by atoms with E-state index >= 15 is 0 Å². The zero-order valence-electron chi connectivity index (χ0n) is 13.8. The van der Waals surface area contributed by atoms with Gasteiger partial charge in [-0.3, -0.25) is 0 Å². The van der Waals surface area contributed by atoms with Crippen LogP contribution in [0.2, 0.25) is 0 Å². The molecule has 0 atom stereocenters. The van der Waals surface area contributed by atoms with Crippen molar-refractivity contribution in [3.05, 3.63) is 0 Å². The van der Waals surface area contributed by atoms with Gasteiger partial charge in [-0.2, -0.15) is 0 Å². The molecular weight excluding hydrogens is 336 g/mol. The molecule has 0 N–H and O–H groups in total. The third kappa shape index (κ3) is 18.4. The van der Waals surface area contributed by atoms with E-state index in [9.17, 15) is 4.79 Å². The van der Waals surface area contributed by atoms with E-state index in [0.717, 1.165) is 7.11 Å². The van der Waals surface area contributed by atoms with Crippen molar-refractivity contribution < 1.29 is 14.3 Å². The largest absolute Gasteiger partial charge is 0.522 e. The maximum absolute atomic E-state index is 10.5. The smallest absolute Gasteiger partial charge is 0.437 e. The maximum Gasteiger partial charge on any atom is 0.522 e. The minimum Gasteiger partial charge on any atom is -0.437 e. The number of rotatable bonds is 0. The number of ether oxygens (including phenoxy) is 2. The van der Waals surface area contributed by atoms with Gasteiger partial charge in [-0.1, -0.05) is 0 Å². The summed E-state index contributed by atoms with van der Waals surface area (Å²) in [6, 6.07) is 0. The highest BCUT2D eigenvalue weighted by Gasteiger charge is 1.93. The van der Waals surface area contributed by atoms with Crippen molar-refractivity contribution in [3.63, 3.8) is 0 Å². The molecule has 0 bridgehead atoms. The van der Waals surface area contributed by atoms with Gasteiger partial charge in [0.15, 0.2) is 0 Å². The summed E-state index contributed by atoms with van der Waals surface area (Å²) in [5.41, 5.74) is 0. The van der Waals surface area contributed by atoms with Crippen LogP contribution in [0.5, 0.6) is 0 Å². The van der Waals surface area contributed by atoms with Crippen LogP contribution in [0.15, 0.2) is 0 Å². The Kier molecular flexibility index (Phi) is 14.7. The molecule has 0 aliphatic rings. The van der Waals surface area contributed by atoms with Gasteiger partial charge in [0.1, 0.15) is 6.11 Å². The van der Waals surface area contributed by atoms with Crippen LogP contribution < -0.4 is 0 Å². The summed E-state index contributed by atoms with van der Waals surface area (Å²) in [6.07, 6.45) is 6.00. The Bertz CT molecular complexity index is 1250. The number of carbonyl (C=O) groups excluding carboxylic acids is 1. The van der Waals surface area contributed by atoms with Crippen LogP contribution in [0, 0.1) is 131 Å². The molecular formula is C24H4O3. The highest BCUT2D eigenvalue weighted by molar-refractivity contribution is 5.61. The Hall–Kier alpha value is -5.57. The Morgan fingerprint density at radius 2 is 0.852 bits per heavy atom.